The Morgan fingerprint density at radius 2 is 1.93 bits per heavy atom. The molecule has 11 heteroatoms. The van der Waals surface area contributed by atoms with Gasteiger partial charge in [0.05, 0.1) is 35.9 Å². The second-order valence-electron chi connectivity index (χ2n) is 10.9. The Labute approximate surface area is 231 Å². The van der Waals surface area contributed by atoms with Crippen molar-refractivity contribution in [1.82, 2.24) is 19.8 Å². The number of halogens is 3. The maximum atomic E-state index is 14.9. The van der Waals surface area contributed by atoms with Crippen molar-refractivity contribution in [3.8, 4) is 5.75 Å². The lowest BCUT2D eigenvalue weighted by Crippen LogP contribution is -2.46. The van der Waals surface area contributed by atoms with Gasteiger partial charge in [-0.1, -0.05) is 18.2 Å². The standard InChI is InChI=1S/C29H34F3N5O3/c1-16(18-6-5-7-19(24(18)30)27(31)32)33-28-21-14-22(26-20(8-13-40-26)25(21)34-17(2)35-28)29(39)9-11-37(12-10-29)15-23(38)36(3)4/h5-7,14,16,27,39H,8-13,15H2,1-4H3,(H,33,34,35)/t16-/m1/s1. The molecule has 0 unspecified atom stereocenters. The highest BCUT2D eigenvalue weighted by Gasteiger charge is 2.39. The Morgan fingerprint density at radius 3 is 2.60 bits per heavy atom. The topological polar surface area (TPSA) is 90.8 Å². The van der Waals surface area contributed by atoms with Gasteiger partial charge in [-0.2, -0.15) is 0 Å². The fourth-order valence-electron chi connectivity index (χ4n) is 5.57. The van der Waals surface area contributed by atoms with Crippen LogP contribution in [0.25, 0.3) is 10.9 Å². The first-order chi connectivity index (χ1) is 19.0. The molecule has 40 heavy (non-hydrogen) atoms. The molecule has 214 valence electrons. The summed E-state index contributed by atoms with van der Waals surface area (Å²) in [7, 11) is 3.44. The van der Waals surface area contributed by atoms with Crippen LogP contribution in [0.15, 0.2) is 24.3 Å². The maximum absolute atomic E-state index is 14.9. The number of likely N-dealkylation sites (N-methyl/N-ethyl adjacent to an activating group) is 1. The number of aryl methyl sites for hydroxylation is 1. The van der Waals surface area contributed by atoms with E-state index in [4.69, 9.17) is 4.74 Å². The van der Waals surface area contributed by atoms with Crippen molar-refractivity contribution in [3.63, 3.8) is 0 Å². The van der Waals surface area contributed by atoms with Crippen molar-refractivity contribution in [2.75, 3.05) is 45.7 Å². The van der Waals surface area contributed by atoms with Gasteiger partial charge in [0.25, 0.3) is 6.43 Å². The van der Waals surface area contributed by atoms with Gasteiger partial charge in [0, 0.05) is 55.7 Å². The van der Waals surface area contributed by atoms with E-state index in [9.17, 15) is 23.1 Å². The fraction of sp³-hybridized carbons (Fsp3) is 0.483. The zero-order valence-electron chi connectivity index (χ0n) is 23.1. The van der Waals surface area contributed by atoms with Gasteiger partial charge >= 0.3 is 0 Å². The monoisotopic (exact) mass is 557 g/mol. The van der Waals surface area contributed by atoms with Gasteiger partial charge in [0.1, 0.15) is 23.2 Å². The Balaban J connectivity index is 1.51. The predicted molar refractivity (Wildman–Crippen MR) is 145 cm³/mol. The average Bonchev–Trinajstić information content (AvgIpc) is 3.40. The second kappa shape index (κ2) is 10.9. The predicted octanol–water partition coefficient (Wildman–Crippen LogP) is 4.49. The third-order valence-corrected chi connectivity index (χ3v) is 7.90. The highest BCUT2D eigenvalue weighted by molar-refractivity contribution is 5.94. The summed E-state index contributed by atoms with van der Waals surface area (Å²) in [6.45, 7) is 5.26. The third-order valence-electron chi connectivity index (χ3n) is 7.90. The van der Waals surface area contributed by atoms with E-state index >= 15 is 0 Å². The highest BCUT2D eigenvalue weighted by atomic mass is 19.3. The van der Waals surface area contributed by atoms with Crippen molar-refractivity contribution in [2.24, 2.45) is 0 Å². The van der Waals surface area contributed by atoms with Gasteiger partial charge in [-0.05, 0) is 32.8 Å². The molecule has 5 rings (SSSR count). The molecule has 3 heterocycles. The Bertz CT molecular complexity index is 1440. The number of nitrogens with one attached hydrogen (secondary N) is 1. The minimum absolute atomic E-state index is 0.00764. The van der Waals surface area contributed by atoms with E-state index in [0.717, 1.165) is 11.6 Å². The van der Waals surface area contributed by atoms with Crippen LogP contribution in [0.3, 0.4) is 0 Å². The molecule has 1 fully saturated rings. The number of rotatable bonds is 7. The molecular formula is C29H34F3N5O3. The number of hydrogen-bond donors (Lipinski definition) is 2. The first-order valence-electron chi connectivity index (χ1n) is 13.4. The molecule has 2 aliphatic heterocycles. The average molecular weight is 558 g/mol. The Kier molecular flexibility index (Phi) is 7.62. The SMILES string of the molecule is Cc1nc(N[C@H](C)c2cccc(C(F)F)c2F)c2cc(C3(O)CCN(CC(=O)N(C)C)CC3)c3c(c2n1)CCO3. The van der Waals surface area contributed by atoms with Gasteiger partial charge in [-0.15, -0.1) is 0 Å². The molecule has 0 saturated carbocycles. The summed E-state index contributed by atoms with van der Waals surface area (Å²) in [5.74, 6) is 0.596. The van der Waals surface area contributed by atoms with Crippen molar-refractivity contribution >= 4 is 22.6 Å². The van der Waals surface area contributed by atoms with Crippen LogP contribution in [0.4, 0.5) is 19.0 Å². The van der Waals surface area contributed by atoms with Crippen molar-refractivity contribution < 1.29 is 27.8 Å². The van der Waals surface area contributed by atoms with E-state index in [1.165, 1.54) is 12.1 Å². The van der Waals surface area contributed by atoms with E-state index in [1.807, 2.05) is 11.0 Å². The maximum Gasteiger partial charge on any atom is 0.266 e. The Morgan fingerprint density at radius 1 is 1.23 bits per heavy atom. The first kappa shape index (κ1) is 28.1. The van der Waals surface area contributed by atoms with E-state index in [-0.39, 0.29) is 18.0 Å². The number of aromatic nitrogens is 2. The summed E-state index contributed by atoms with van der Waals surface area (Å²) in [6.07, 6.45) is -1.50. The zero-order chi connectivity index (χ0) is 28.8. The molecule has 0 spiro atoms. The fourth-order valence-corrected chi connectivity index (χ4v) is 5.57. The number of likely N-dealkylation sites (tertiary alicyclic amines) is 1. The summed E-state index contributed by atoms with van der Waals surface area (Å²) in [6, 6.07) is 5.13. The quantitative estimate of drug-likeness (QED) is 0.442. The van der Waals surface area contributed by atoms with Gasteiger partial charge < -0.3 is 20.1 Å². The number of anilines is 1. The van der Waals surface area contributed by atoms with Crippen LogP contribution in [0.1, 0.15) is 60.3 Å². The van der Waals surface area contributed by atoms with Crippen LogP contribution in [-0.2, 0) is 16.8 Å². The van der Waals surface area contributed by atoms with Crippen molar-refractivity contribution in [1.29, 1.82) is 0 Å². The minimum Gasteiger partial charge on any atom is -0.492 e. The lowest BCUT2D eigenvalue weighted by Gasteiger charge is -2.39. The number of aliphatic hydroxyl groups is 1. The number of fused-ring (bicyclic) bond motifs is 3. The molecule has 3 aromatic rings. The van der Waals surface area contributed by atoms with E-state index in [1.54, 1.807) is 32.8 Å². The normalized spacial score (nSPS) is 17.5. The smallest absolute Gasteiger partial charge is 0.266 e. The first-order valence-corrected chi connectivity index (χ1v) is 13.4. The lowest BCUT2D eigenvalue weighted by molar-refractivity contribution is -0.131. The van der Waals surface area contributed by atoms with Gasteiger partial charge in [-0.25, -0.2) is 23.1 Å². The van der Waals surface area contributed by atoms with Gasteiger partial charge in [0.15, 0.2) is 0 Å². The van der Waals surface area contributed by atoms with E-state index < -0.39 is 29.4 Å². The molecule has 0 radical (unpaired) electrons. The van der Waals surface area contributed by atoms with E-state index in [2.05, 4.69) is 15.3 Å². The van der Waals surface area contributed by atoms with Crippen molar-refractivity contribution in [2.45, 2.75) is 51.2 Å². The molecule has 8 nitrogen and oxygen atoms in total. The lowest BCUT2D eigenvalue weighted by atomic mass is 9.82. The number of alkyl halides is 2. The largest absolute Gasteiger partial charge is 0.492 e. The van der Waals surface area contributed by atoms with Crippen LogP contribution in [-0.4, -0.2) is 71.1 Å². The number of carbonyl (C=O) groups is 1. The zero-order valence-corrected chi connectivity index (χ0v) is 23.1. The summed E-state index contributed by atoms with van der Waals surface area (Å²) in [5, 5.41) is 15.7. The summed E-state index contributed by atoms with van der Waals surface area (Å²) < 4.78 is 47.6. The summed E-state index contributed by atoms with van der Waals surface area (Å²) in [5.41, 5.74) is 0.459. The minimum atomic E-state index is -2.92. The van der Waals surface area contributed by atoms with Gasteiger partial charge in [-0.3, -0.25) is 9.69 Å². The molecule has 0 bridgehead atoms. The molecule has 1 saturated heterocycles. The number of benzene rings is 2. The van der Waals surface area contributed by atoms with E-state index in [0.29, 0.717) is 72.8 Å². The molecule has 2 aromatic carbocycles. The molecular weight excluding hydrogens is 523 g/mol. The number of ether oxygens (including phenoxy) is 1. The van der Waals surface area contributed by atoms with Crippen LogP contribution >= 0.6 is 0 Å². The van der Waals surface area contributed by atoms with Crippen molar-refractivity contribution in [3.05, 3.63) is 58.2 Å². The van der Waals surface area contributed by atoms with Crippen LogP contribution in [0.5, 0.6) is 5.75 Å². The number of nitrogens with zero attached hydrogens (tertiary/aromatic N) is 4. The molecule has 2 N–H and O–H groups in total. The molecule has 2 aliphatic rings. The highest BCUT2D eigenvalue weighted by Crippen LogP contribution is 2.46. The number of hydrogen-bond acceptors (Lipinski definition) is 7. The van der Waals surface area contributed by atoms with Gasteiger partial charge in [0.2, 0.25) is 5.91 Å². The summed E-state index contributed by atoms with van der Waals surface area (Å²) >= 11 is 0. The molecule has 1 amide bonds. The third kappa shape index (κ3) is 5.19. The number of amides is 1. The van der Waals surface area contributed by atoms with Crippen LogP contribution < -0.4 is 10.1 Å². The number of piperidine rings is 1. The number of carbonyl (C=O) groups excluding carboxylic acids is 1. The Hall–Kier alpha value is -3.44. The van der Waals surface area contributed by atoms with Crippen LogP contribution in [0.2, 0.25) is 0 Å². The molecule has 1 aromatic heterocycles. The van der Waals surface area contributed by atoms with Crippen LogP contribution in [0, 0.1) is 12.7 Å². The molecule has 1 atom stereocenters. The second-order valence-corrected chi connectivity index (χ2v) is 10.9. The summed E-state index contributed by atoms with van der Waals surface area (Å²) in [4.78, 5) is 25.0. The molecule has 0 aliphatic carbocycles.